The minimum atomic E-state index is 0.258. The Hall–Kier alpha value is -0.120. The van der Waals surface area contributed by atoms with Crippen LogP contribution in [0.4, 0.5) is 0 Å². The molecule has 0 fully saturated rings. The van der Waals surface area contributed by atoms with Crippen molar-refractivity contribution in [3.05, 3.63) is 0 Å². The van der Waals surface area contributed by atoms with Gasteiger partial charge in [0.1, 0.15) is 0 Å². The SMILES string of the molecule is CC[N]OCOC. The molecule has 43 valence electrons. The molecule has 3 heteroatoms. The lowest BCUT2D eigenvalue weighted by molar-refractivity contribution is -0.0848. The van der Waals surface area contributed by atoms with Crippen LogP contribution in [0.3, 0.4) is 0 Å². The molecule has 0 aliphatic rings. The van der Waals surface area contributed by atoms with Crippen LogP contribution in [0.25, 0.3) is 0 Å². The molecular formula is C4H10NO2. The maximum Gasteiger partial charge on any atom is 0.168 e. The fourth-order valence-corrected chi connectivity index (χ4v) is 0.181. The average molecular weight is 104 g/mol. The Labute approximate surface area is 43.6 Å². The van der Waals surface area contributed by atoms with E-state index in [0.717, 1.165) is 0 Å². The van der Waals surface area contributed by atoms with Gasteiger partial charge < -0.3 is 4.74 Å². The summed E-state index contributed by atoms with van der Waals surface area (Å²) in [7, 11) is 1.56. The third-order valence-electron chi connectivity index (χ3n) is 0.391. The van der Waals surface area contributed by atoms with E-state index in [9.17, 15) is 0 Å². The number of hydrogen-bond donors (Lipinski definition) is 0. The van der Waals surface area contributed by atoms with Crippen molar-refractivity contribution < 1.29 is 9.57 Å². The summed E-state index contributed by atoms with van der Waals surface area (Å²) in [6, 6.07) is 0. The van der Waals surface area contributed by atoms with E-state index in [1.807, 2.05) is 6.92 Å². The summed E-state index contributed by atoms with van der Waals surface area (Å²) in [5, 5.41) is 0. The van der Waals surface area contributed by atoms with Gasteiger partial charge in [-0.25, -0.2) is 0 Å². The molecule has 0 bridgehead atoms. The molecule has 0 aromatic carbocycles. The first-order valence-electron chi connectivity index (χ1n) is 2.19. The van der Waals surface area contributed by atoms with Crippen molar-refractivity contribution in [3.63, 3.8) is 0 Å². The second kappa shape index (κ2) is 5.88. The number of nitrogens with zero attached hydrogens (tertiary/aromatic N) is 1. The van der Waals surface area contributed by atoms with Crippen LogP contribution < -0.4 is 5.48 Å². The van der Waals surface area contributed by atoms with E-state index in [1.165, 1.54) is 0 Å². The summed E-state index contributed by atoms with van der Waals surface area (Å²) in [6.07, 6.45) is 0. The van der Waals surface area contributed by atoms with E-state index in [-0.39, 0.29) is 6.79 Å². The molecule has 0 N–H and O–H groups in total. The molecule has 0 saturated heterocycles. The Bertz CT molecular complexity index is 28.9. The van der Waals surface area contributed by atoms with Gasteiger partial charge in [0.15, 0.2) is 6.79 Å². The molecule has 0 aliphatic carbocycles. The van der Waals surface area contributed by atoms with Crippen LogP contribution in [0.5, 0.6) is 0 Å². The van der Waals surface area contributed by atoms with Crippen LogP contribution in [-0.4, -0.2) is 20.4 Å². The van der Waals surface area contributed by atoms with E-state index in [2.05, 4.69) is 15.1 Å². The van der Waals surface area contributed by atoms with Gasteiger partial charge in [0.05, 0.1) is 0 Å². The molecule has 0 saturated carbocycles. The predicted molar refractivity (Wildman–Crippen MR) is 25.6 cm³/mol. The van der Waals surface area contributed by atoms with Crippen molar-refractivity contribution in [2.24, 2.45) is 0 Å². The van der Waals surface area contributed by atoms with Gasteiger partial charge in [-0.2, -0.15) is 0 Å². The molecule has 3 nitrogen and oxygen atoms in total. The molecule has 0 aromatic heterocycles. The molecule has 0 amide bonds. The highest BCUT2D eigenvalue weighted by Gasteiger charge is 1.77. The molecule has 0 unspecified atom stereocenters. The highest BCUT2D eigenvalue weighted by Crippen LogP contribution is 1.67. The van der Waals surface area contributed by atoms with Gasteiger partial charge in [-0.1, -0.05) is 5.48 Å². The number of rotatable bonds is 4. The number of methoxy groups -OCH3 is 1. The Morgan fingerprint density at radius 2 is 2.29 bits per heavy atom. The quantitative estimate of drug-likeness (QED) is 0.289. The van der Waals surface area contributed by atoms with Gasteiger partial charge in [0.2, 0.25) is 0 Å². The van der Waals surface area contributed by atoms with Crippen molar-refractivity contribution in [1.29, 1.82) is 0 Å². The molecular weight excluding hydrogens is 94.0 g/mol. The van der Waals surface area contributed by atoms with Crippen molar-refractivity contribution in [3.8, 4) is 0 Å². The molecule has 0 atom stereocenters. The van der Waals surface area contributed by atoms with Crippen molar-refractivity contribution >= 4 is 0 Å². The highest BCUT2D eigenvalue weighted by molar-refractivity contribution is 4.09. The first-order valence-corrected chi connectivity index (χ1v) is 2.19. The molecule has 0 rings (SSSR count). The average Bonchev–Trinajstić information content (AvgIpc) is 1.69. The largest absolute Gasteiger partial charge is 0.357 e. The third kappa shape index (κ3) is 5.88. The summed E-state index contributed by atoms with van der Waals surface area (Å²) in [6.45, 7) is 2.84. The van der Waals surface area contributed by atoms with Gasteiger partial charge in [0.25, 0.3) is 0 Å². The second-order valence-corrected chi connectivity index (χ2v) is 0.981. The maximum atomic E-state index is 4.53. The van der Waals surface area contributed by atoms with Crippen LogP contribution >= 0.6 is 0 Å². The van der Waals surface area contributed by atoms with Gasteiger partial charge >= 0.3 is 0 Å². The van der Waals surface area contributed by atoms with Gasteiger partial charge in [-0.15, -0.1) is 0 Å². The number of ether oxygens (including phenoxy) is 1. The third-order valence-corrected chi connectivity index (χ3v) is 0.391. The molecule has 0 aliphatic heterocycles. The van der Waals surface area contributed by atoms with Crippen molar-refractivity contribution in [1.82, 2.24) is 5.48 Å². The van der Waals surface area contributed by atoms with Crippen molar-refractivity contribution in [2.45, 2.75) is 6.92 Å². The molecule has 0 heterocycles. The standard InChI is InChI=1S/C4H10NO2/c1-3-5-7-4-6-2/h3-4H2,1-2H3. The van der Waals surface area contributed by atoms with Crippen LogP contribution in [0.15, 0.2) is 0 Å². The zero-order valence-electron chi connectivity index (χ0n) is 4.68. The van der Waals surface area contributed by atoms with Crippen molar-refractivity contribution in [2.75, 3.05) is 20.4 Å². The maximum absolute atomic E-state index is 4.53. The molecule has 0 aromatic rings. The minimum Gasteiger partial charge on any atom is -0.357 e. The minimum absolute atomic E-state index is 0.258. The van der Waals surface area contributed by atoms with E-state index in [4.69, 9.17) is 0 Å². The lowest BCUT2D eigenvalue weighted by Crippen LogP contribution is -2.06. The molecule has 7 heavy (non-hydrogen) atoms. The first-order chi connectivity index (χ1) is 3.41. The van der Waals surface area contributed by atoms with Crippen LogP contribution in [0.1, 0.15) is 6.92 Å². The van der Waals surface area contributed by atoms with Crippen LogP contribution in [-0.2, 0) is 9.57 Å². The summed E-state index contributed by atoms with van der Waals surface area (Å²) < 4.78 is 4.53. The van der Waals surface area contributed by atoms with Gasteiger partial charge in [-0.05, 0) is 6.92 Å². The molecule has 1 radical (unpaired) electrons. The first kappa shape index (κ1) is 6.88. The fourth-order valence-electron chi connectivity index (χ4n) is 0.181. The Morgan fingerprint density at radius 1 is 1.57 bits per heavy atom. The van der Waals surface area contributed by atoms with E-state index in [1.54, 1.807) is 7.11 Å². The summed E-state index contributed by atoms with van der Waals surface area (Å²) in [5.74, 6) is 0. The lowest BCUT2D eigenvalue weighted by atomic mass is 10.8. The van der Waals surface area contributed by atoms with Gasteiger partial charge in [0, 0.05) is 13.7 Å². The zero-order chi connectivity index (χ0) is 5.54. The van der Waals surface area contributed by atoms with Gasteiger partial charge in [-0.3, -0.25) is 4.84 Å². The lowest BCUT2D eigenvalue weighted by Gasteiger charge is -1.95. The van der Waals surface area contributed by atoms with E-state index >= 15 is 0 Å². The summed E-state index contributed by atoms with van der Waals surface area (Å²) in [5.41, 5.74) is 3.54. The predicted octanol–water partition coefficient (Wildman–Crippen LogP) is 0.146. The molecule has 0 spiro atoms. The van der Waals surface area contributed by atoms with E-state index < -0.39 is 0 Å². The normalized spacial score (nSPS) is 9.43. The Kier molecular flexibility index (Phi) is 5.78. The topological polar surface area (TPSA) is 32.6 Å². The number of hydroxylamine groups is 1. The van der Waals surface area contributed by atoms with Crippen LogP contribution in [0, 0.1) is 0 Å². The zero-order valence-corrected chi connectivity index (χ0v) is 4.68. The summed E-state index contributed by atoms with van der Waals surface area (Å²) in [4.78, 5) is 4.53. The van der Waals surface area contributed by atoms with E-state index in [0.29, 0.717) is 6.54 Å². The monoisotopic (exact) mass is 104 g/mol. The second-order valence-electron chi connectivity index (χ2n) is 0.981. The highest BCUT2D eigenvalue weighted by atomic mass is 16.7. The Balaban J connectivity index is 2.45. The number of hydrogen-bond acceptors (Lipinski definition) is 2. The van der Waals surface area contributed by atoms with Crippen LogP contribution in [0.2, 0.25) is 0 Å². The fraction of sp³-hybridized carbons (Fsp3) is 1.00. The summed E-state index contributed by atoms with van der Waals surface area (Å²) >= 11 is 0. The smallest absolute Gasteiger partial charge is 0.168 e. The Morgan fingerprint density at radius 3 is 2.71 bits per heavy atom.